The fourth-order valence-corrected chi connectivity index (χ4v) is 11.0. The van der Waals surface area contributed by atoms with Crippen molar-refractivity contribution in [2.24, 2.45) is 0 Å². The van der Waals surface area contributed by atoms with Crippen LogP contribution in [0.1, 0.15) is 33.4 Å². The lowest BCUT2D eigenvalue weighted by atomic mass is 9.95. The molecule has 0 aliphatic heterocycles. The summed E-state index contributed by atoms with van der Waals surface area (Å²) in [5, 5.41) is 13.8. The summed E-state index contributed by atoms with van der Waals surface area (Å²) in [4.78, 5) is 0. The van der Waals surface area contributed by atoms with E-state index in [1.165, 1.54) is 6.07 Å². The molecule has 6 heteroatoms. The molecule has 0 aliphatic rings. The third kappa shape index (κ3) is 7.36. The van der Waals surface area contributed by atoms with Crippen LogP contribution in [0.4, 0.5) is 13.2 Å². The van der Waals surface area contributed by atoms with Crippen LogP contribution in [0.25, 0.3) is 111 Å². The van der Waals surface area contributed by atoms with Crippen molar-refractivity contribution in [3.63, 3.8) is 0 Å². The van der Waals surface area contributed by atoms with E-state index in [9.17, 15) is 5.26 Å². The predicted molar refractivity (Wildman–Crippen MR) is 291 cm³/mol. The minimum Gasteiger partial charge on any atom is -0.307 e. The summed E-state index contributed by atoms with van der Waals surface area (Å²) < 4.78 is 52.5. The minimum absolute atomic E-state index is 0.0224. The number of nitrogens with zero attached hydrogens (tertiary/aromatic N) is 3. The fraction of sp³-hybridized carbons (Fsp3) is 0.0758. The van der Waals surface area contributed by atoms with E-state index in [1.807, 2.05) is 53.1 Å². The highest BCUT2D eigenvalue weighted by Crippen LogP contribution is 2.47. The van der Waals surface area contributed by atoms with Gasteiger partial charge in [-0.15, -0.1) is 0 Å². The van der Waals surface area contributed by atoms with Gasteiger partial charge in [0.15, 0.2) is 0 Å². The van der Waals surface area contributed by atoms with Gasteiger partial charge in [-0.25, -0.2) is 0 Å². The highest BCUT2D eigenvalue weighted by atomic mass is 19.4. The Morgan fingerprint density at radius 3 is 1.01 bits per heavy atom. The fourth-order valence-electron chi connectivity index (χ4n) is 11.0. The molecule has 12 aromatic rings. The standard InChI is InChI=1S/C66H46F3N3/c1-40-14-5-9-20-50(40)46-24-28-60-55(33-46)56-34-47(51-21-10-6-15-41(51)2)25-29-61(56)71(60)64-37-54(45-19-13-18-44(32-45)39-70)59(66(67,68)69)38-65(64)72-62-30-26-48(52-22-11-7-16-42(52)3)35-57(62)58-36-49(27-31-63(58)72)53-23-12-8-17-43(53)4/h5-38H,1-4H3. The molecular weight excluding hydrogens is 892 g/mol. The predicted octanol–water partition coefficient (Wildman–Crippen LogP) is 18.3. The molecule has 0 radical (unpaired) electrons. The molecule has 2 aromatic heterocycles. The van der Waals surface area contributed by atoms with Crippen molar-refractivity contribution < 1.29 is 13.2 Å². The van der Waals surface area contributed by atoms with Crippen LogP contribution in [0.15, 0.2) is 206 Å². The zero-order chi connectivity index (χ0) is 49.4. The molecule has 0 bridgehead atoms. The lowest BCUT2D eigenvalue weighted by Gasteiger charge is -2.22. The maximum absolute atomic E-state index is 16.1. The largest absolute Gasteiger partial charge is 0.417 e. The van der Waals surface area contributed by atoms with E-state index < -0.39 is 11.7 Å². The first-order valence-electron chi connectivity index (χ1n) is 24.1. The summed E-state index contributed by atoms with van der Waals surface area (Å²) >= 11 is 0. The second-order valence-corrected chi connectivity index (χ2v) is 18.9. The van der Waals surface area contributed by atoms with Crippen molar-refractivity contribution in [3.05, 3.63) is 240 Å². The maximum Gasteiger partial charge on any atom is 0.417 e. The Kier molecular flexibility index (Phi) is 10.6. The van der Waals surface area contributed by atoms with E-state index in [-0.39, 0.29) is 11.1 Å². The Labute approximate surface area is 415 Å². The summed E-state index contributed by atoms with van der Waals surface area (Å²) in [6.07, 6.45) is -4.77. The number of rotatable bonds is 7. The second kappa shape index (κ2) is 17.2. The van der Waals surface area contributed by atoms with Crippen molar-refractivity contribution in [2.75, 3.05) is 0 Å². The number of halogens is 3. The van der Waals surface area contributed by atoms with Crippen LogP contribution >= 0.6 is 0 Å². The van der Waals surface area contributed by atoms with Crippen LogP contribution in [0, 0.1) is 39.0 Å². The first kappa shape index (κ1) is 44.3. The van der Waals surface area contributed by atoms with Gasteiger partial charge in [-0.1, -0.05) is 133 Å². The summed E-state index contributed by atoms with van der Waals surface area (Å²) in [5.41, 5.74) is 16.9. The number of aromatic nitrogens is 2. The Balaban J connectivity index is 1.24. The summed E-state index contributed by atoms with van der Waals surface area (Å²) in [5.74, 6) is 0. The van der Waals surface area contributed by atoms with Crippen molar-refractivity contribution in [2.45, 2.75) is 33.9 Å². The zero-order valence-electron chi connectivity index (χ0n) is 40.1. The van der Waals surface area contributed by atoms with Gasteiger partial charge >= 0.3 is 6.18 Å². The van der Waals surface area contributed by atoms with Crippen LogP contribution in [0.5, 0.6) is 0 Å². The Hall–Kier alpha value is -8.92. The summed E-state index contributed by atoms with van der Waals surface area (Å²) in [6.45, 7) is 8.40. The van der Waals surface area contributed by atoms with E-state index in [4.69, 9.17) is 0 Å². The van der Waals surface area contributed by atoms with E-state index in [1.54, 1.807) is 30.3 Å². The molecule has 346 valence electrons. The molecule has 0 fully saturated rings. The highest BCUT2D eigenvalue weighted by molar-refractivity contribution is 6.14. The third-order valence-corrected chi connectivity index (χ3v) is 14.6. The molecule has 10 aromatic carbocycles. The molecule has 72 heavy (non-hydrogen) atoms. The van der Waals surface area contributed by atoms with Gasteiger partial charge < -0.3 is 9.13 Å². The molecule has 12 rings (SSSR count). The normalized spacial score (nSPS) is 11.8. The topological polar surface area (TPSA) is 33.6 Å². The number of hydrogen-bond acceptors (Lipinski definition) is 1. The monoisotopic (exact) mass is 937 g/mol. The van der Waals surface area contributed by atoms with Gasteiger partial charge in [-0.2, -0.15) is 18.4 Å². The molecule has 0 unspecified atom stereocenters. The first-order valence-corrected chi connectivity index (χ1v) is 24.1. The van der Waals surface area contributed by atoms with E-state index in [0.29, 0.717) is 16.9 Å². The lowest BCUT2D eigenvalue weighted by Crippen LogP contribution is -2.12. The Bertz CT molecular complexity index is 4010. The van der Waals surface area contributed by atoms with Gasteiger partial charge in [-0.05, 0) is 178 Å². The molecule has 0 spiro atoms. The summed E-state index contributed by atoms with van der Waals surface area (Å²) in [6, 6.07) is 70.3. The van der Waals surface area contributed by atoms with E-state index in [2.05, 4.69) is 160 Å². The van der Waals surface area contributed by atoms with Crippen LogP contribution in [0.3, 0.4) is 0 Å². The van der Waals surface area contributed by atoms with Gasteiger partial charge in [0.1, 0.15) is 0 Å². The second-order valence-electron chi connectivity index (χ2n) is 18.9. The van der Waals surface area contributed by atoms with Crippen LogP contribution in [0.2, 0.25) is 0 Å². The van der Waals surface area contributed by atoms with Crippen LogP contribution < -0.4 is 0 Å². The average Bonchev–Trinajstić information content (AvgIpc) is 3.89. The molecular formula is C66H46F3N3. The van der Waals surface area contributed by atoms with Gasteiger partial charge in [-0.3, -0.25) is 0 Å². The van der Waals surface area contributed by atoms with Crippen molar-refractivity contribution in [1.29, 1.82) is 5.26 Å². The smallest absolute Gasteiger partial charge is 0.307 e. The molecule has 0 amide bonds. The first-order chi connectivity index (χ1) is 34.9. The summed E-state index contributed by atoms with van der Waals surface area (Å²) in [7, 11) is 0. The SMILES string of the molecule is Cc1ccccc1-c1ccc2c(c1)c1cc(-c3ccccc3C)ccc1n2-c1cc(-c2cccc(C#N)c2)c(C(F)(F)F)cc1-n1c2ccc(-c3ccccc3C)cc2c2cc(-c3ccccc3C)ccc21. The number of fused-ring (bicyclic) bond motifs is 6. The van der Waals surface area contributed by atoms with Gasteiger partial charge in [0.2, 0.25) is 0 Å². The van der Waals surface area contributed by atoms with Crippen LogP contribution in [-0.4, -0.2) is 9.13 Å². The van der Waals surface area contributed by atoms with Crippen molar-refractivity contribution in [1.82, 2.24) is 9.13 Å². The molecule has 0 N–H and O–H groups in total. The van der Waals surface area contributed by atoms with E-state index in [0.717, 1.165) is 110 Å². The molecule has 0 atom stereocenters. The average molecular weight is 938 g/mol. The lowest BCUT2D eigenvalue weighted by molar-refractivity contribution is -0.137. The number of nitriles is 1. The number of alkyl halides is 3. The van der Waals surface area contributed by atoms with Gasteiger partial charge in [0.25, 0.3) is 0 Å². The molecule has 2 heterocycles. The molecule has 0 aliphatic carbocycles. The van der Waals surface area contributed by atoms with E-state index >= 15 is 13.2 Å². The highest BCUT2D eigenvalue weighted by Gasteiger charge is 2.36. The zero-order valence-corrected chi connectivity index (χ0v) is 40.1. The molecule has 0 saturated carbocycles. The molecule has 3 nitrogen and oxygen atoms in total. The third-order valence-electron chi connectivity index (χ3n) is 14.6. The number of benzene rings is 10. The Morgan fingerprint density at radius 1 is 0.347 bits per heavy atom. The quantitative estimate of drug-likeness (QED) is 0.157. The number of aryl methyl sites for hydroxylation is 4. The Morgan fingerprint density at radius 2 is 0.681 bits per heavy atom. The van der Waals surface area contributed by atoms with Gasteiger partial charge in [0, 0.05) is 21.5 Å². The van der Waals surface area contributed by atoms with Crippen LogP contribution in [-0.2, 0) is 6.18 Å². The van der Waals surface area contributed by atoms with Gasteiger partial charge in [0.05, 0.1) is 50.6 Å². The minimum atomic E-state index is -4.77. The van der Waals surface area contributed by atoms with Crippen molar-refractivity contribution >= 4 is 43.6 Å². The van der Waals surface area contributed by atoms with Crippen molar-refractivity contribution in [3.8, 4) is 73.1 Å². The molecule has 0 saturated heterocycles. The maximum atomic E-state index is 16.1. The number of hydrogen-bond donors (Lipinski definition) is 0.